The zero-order chi connectivity index (χ0) is 27.3. The molecule has 3 nitrogen and oxygen atoms in total. The van der Waals surface area contributed by atoms with Gasteiger partial charge in [-0.15, -0.1) is 0 Å². The van der Waals surface area contributed by atoms with E-state index in [4.69, 9.17) is 9.41 Å². The summed E-state index contributed by atoms with van der Waals surface area (Å²) >= 11 is 0. The highest BCUT2D eigenvalue weighted by Crippen LogP contribution is 2.52. The van der Waals surface area contributed by atoms with Gasteiger partial charge in [-0.2, -0.15) is 0 Å². The highest BCUT2D eigenvalue weighted by molar-refractivity contribution is 6.74. The van der Waals surface area contributed by atoms with Crippen molar-refractivity contribution in [2.45, 2.75) is 123 Å². The molecule has 0 aliphatic heterocycles. The number of aliphatic hydroxyl groups excluding tert-OH is 1. The smallest absolute Gasteiger partial charge is 0.192 e. The molecule has 1 N–H and O–H groups in total. The van der Waals surface area contributed by atoms with Gasteiger partial charge >= 0.3 is 0 Å². The predicted molar refractivity (Wildman–Crippen MR) is 158 cm³/mol. The number of fused-ring (bicyclic) bond motifs is 1. The van der Waals surface area contributed by atoms with Crippen LogP contribution in [0.15, 0.2) is 36.4 Å². The van der Waals surface area contributed by atoms with Gasteiger partial charge in [-0.05, 0) is 73.2 Å². The minimum Gasteiger partial charge on any atom is -0.410 e. The lowest BCUT2D eigenvalue weighted by Crippen LogP contribution is -2.44. The maximum Gasteiger partial charge on any atom is 0.192 e. The van der Waals surface area contributed by atoms with Crippen LogP contribution in [0.3, 0.4) is 0 Å². The van der Waals surface area contributed by atoms with Crippen molar-refractivity contribution in [2.24, 2.45) is 5.41 Å². The molecule has 4 heteroatoms. The number of hydrogen-bond acceptors (Lipinski definition) is 3. The van der Waals surface area contributed by atoms with E-state index in [9.17, 15) is 5.11 Å². The third-order valence-electron chi connectivity index (χ3n) is 8.97. The van der Waals surface area contributed by atoms with Gasteiger partial charge in [0.15, 0.2) is 8.32 Å². The summed E-state index contributed by atoms with van der Waals surface area (Å²) in [6.45, 7) is 22.9. The third kappa shape index (κ3) is 5.67. The Hall–Kier alpha value is -1.75. The molecule has 0 fully saturated rings. The zero-order valence-corrected chi connectivity index (χ0v) is 25.9. The number of nitrogens with zero attached hydrogens (tertiary/aromatic N) is 1. The minimum absolute atomic E-state index is 0.00122. The van der Waals surface area contributed by atoms with Crippen LogP contribution in [-0.2, 0) is 10.8 Å². The van der Waals surface area contributed by atoms with Crippen LogP contribution in [0.4, 0.5) is 0 Å². The first kappa shape index (κ1) is 28.3. The van der Waals surface area contributed by atoms with E-state index in [0.717, 1.165) is 42.5 Å². The Bertz CT molecular complexity index is 1150. The molecule has 37 heavy (non-hydrogen) atoms. The highest BCUT2D eigenvalue weighted by Gasteiger charge is 2.45. The molecule has 1 heterocycles. The van der Waals surface area contributed by atoms with Crippen molar-refractivity contribution in [3.63, 3.8) is 0 Å². The van der Waals surface area contributed by atoms with E-state index >= 15 is 0 Å². The number of rotatable bonds is 6. The van der Waals surface area contributed by atoms with Gasteiger partial charge in [0.1, 0.15) is 6.10 Å². The summed E-state index contributed by atoms with van der Waals surface area (Å²) in [5, 5.41) is 12.1. The number of benzene rings is 1. The maximum atomic E-state index is 12.0. The summed E-state index contributed by atoms with van der Waals surface area (Å²) in [5.41, 5.74) is 8.10. The van der Waals surface area contributed by atoms with Gasteiger partial charge in [0.05, 0.1) is 6.10 Å². The Balaban J connectivity index is 2.00. The normalized spacial score (nSPS) is 22.4. The fourth-order valence-corrected chi connectivity index (χ4v) is 7.14. The summed E-state index contributed by atoms with van der Waals surface area (Å²) in [6.07, 6.45) is 8.07. The zero-order valence-electron chi connectivity index (χ0n) is 24.9. The lowest BCUT2D eigenvalue weighted by atomic mass is 9.70. The van der Waals surface area contributed by atoms with Crippen molar-refractivity contribution >= 4 is 8.32 Å². The summed E-state index contributed by atoms with van der Waals surface area (Å²) in [7, 11) is -2.04. The average molecular weight is 520 g/mol. The molecule has 1 aromatic carbocycles. The molecular formula is C33H49NO2Si. The van der Waals surface area contributed by atoms with E-state index in [-0.39, 0.29) is 28.4 Å². The van der Waals surface area contributed by atoms with Crippen LogP contribution in [0.25, 0.3) is 0 Å². The van der Waals surface area contributed by atoms with Crippen molar-refractivity contribution < 1.29 is 9.53 Å². The first-order chi connectivity index (χ1) is 17.1. The molecule has 0 bridgehead atoms. The van der Waals surface area contributed by atoms with Crippen LogP contribution in [0, 0.1) is 12.3 Å². The summed E-state index contributed by atoms with van der Waals surface area (Å²) < 4.78 is 7.26. The van der Waals surface area contributed by atoms with Crippen molar-refractivity contribution in [3.8, 4) is 0 Å². The number of aromatic nitrogens is 1. The average Bonchev–Trinajstić information content (AvgIpc) is 3.30. The van der Waals surface area contributed by atoms with Gasteiger partial charge in [-0.3, -0.25) is 4.98 Å². The Morgan fingerprint density at radius 2 is 1.73 bits per heavy atom. The molecule has 0 spiro atoms. The molecule has 0 saturated carbocycles. The van der Waals surface area contributed by atoms with Gasteiger partial charge in [0.25, 0.3) is 0 Å². The summed E-state index contributed by atoms with van der Waals surface area (Å²) in [4.78, 5) is 5.40. The Kier molecular flexibility index (Phi) is 7.71. The van der Waals surface area contributed by atoms with E-state index in [2.05, 4.69) is 105 Å². The predicted octanol–water partition coefficient (Wildman–Crippen LogP) is 9.06. The van der Waals surface area contributed by atoms with Gasteiger partial charge in [-0.25, -0.2) is 0 Å². The highest BCUT2D eigenvalue weighted by atomic mass is 28.4. The monoisotopic (exact) mass is 519 g/mol. The van der Waals surface area contributed by atoms with Gasteiger partial charge < -0.3 is 9.53 Å². The SMILES string of the molecule is Cc1ccc([C@@H](O)c2c(C(C)C)nc3c(c2C2C=CCC2)C(O[Si](C)(C)C(C)(C)C)CC(C)(C)C3)cc1. The fourth-order valence-electron chi connectivity index (χ4n) is 5.88. The third-order valence-corrected chi connectivity index (χ3v) is 13.5. The molecule has 0 amide bonds. The molecule has 1 aromatic heterocycles. The van der Waals surface area contributed by atoms with Gasteiger partial charge in [0.2, 0.25) is 0 Å². The molecule has 2 unspecified atom stereocenters. The van der Waals surface area contributed by atoms with E-state index in [1.165, 1.54) is 22.4 Å². The Morgan fingerprint density at radius 3 is 2.27 bits per heavy atom. The Labute approximate surface area is 226 Å². The van der Waals surface area contributed by atoms with E-state index in [1.54, 1.807) is 0 Å². The molecule has 3 atom stereocenters. The van der Waals surface area contributed by atoms with Crippen molar-refractivity contribution in [1.82, 2.24) is 4.98 Å². The lowest BCUT2D eigenvalue weighted by Gasteiger charge is -2.45. The van der Waals surface area contributed by atoms with Crippen LogP contribution in [0.5, 0.6) is 0 Å². The fraction of sp³-hybridized carbons (Fsp3) is 0.606. The van der Waals surface area contributed by atoms with Crippen LogP contribution < -0.4 is 0 Å². The quantitative estimate of drug-likeness (QED) is 0.306. The molecule has 2 aliphatic carbocycles. The molecule has 2 aliphatic rings. The first-order valence-electron chi connectivity index (χ1n) is 14.3. The second-order valence-electron chi connectivity index (χ2n) is 14.2. The van der Waals surface area contributed by atoms with Gasteiger partial charge in [0, 0.05) is 28.4 Å². The van der Waals surface area contributed by atoms with Crippen molar-refractivity contribution in [2.75, 3.05) is 0 Å². The molecule has 202 valence electrons. The van der Waals surface area contributed by atoms with Gasteiger partial charge in [-0.1, -0.05) is 90.4 Å². The summed E-state index contributed by atoms with van der Waals surface area (Å²) in [5.74, 6) is 0.505. The van der Waals surface area contributed by atoms with Crippen LogP contribution in [0.2, 0.25) is 18.1 Å². The number of hydrogen-bond donors (Lipinski definition) is 1. The molecule has 0 radical (unpaired) electrons. The topological polar surface area (TPSA) is 42.4 Å². The maximum absolute atomic E-state index is 12.0. The molecule has 2 aromatic rings. The molecular weight excluding hydrogens is 470 g/mol. The largest absolute Gasteiger partial charge is 0.410 e. The second kappa shape index (κ2) is 10.1. The van der Waals surface area contributed by atoms with E-state index in [0.29, 0.717) is 0 Å². The second-order valence-corrected chi connectivity index (χ2v) is 18.9. The number of allylic oxidation sites excluding steroid dienone is 2. The number of pyridine rings is 1. The lowest BCUT2D eigenvalue weighted by molar-refractivity contribution is 0.104. The van der Waals surface area contributed by atoms with E-state index < -0.39 is 14.4 Å². The Morgan fingerprint density at radius 1 is 1.08 bits per heavy atom. The summed E-state index contributed by atoms with van der Waals surface area (Å²) in [6, 6.07) is 8.34. The van der Waals surface area contributed by atoms with E-state index in [1.807, 2.05) is 0 Å². The number of aryl methyl sites for hydroxylation is 1. The molecule has 0 saturated heterocycles. The van der Waals surface area contributed by atoms with Crippen molar-refractivity contribution in [3.05, 3.63) is 75.6 Å². The van der Waals surface area contributed by atoms with Crippen LogP contribution in [-0.4, -0.2) is 18.4 Å². The van der Waals surface area contributed by atoms with Crippen LogP contribution in [0.1, 0.15) is 131 Å². The molecule has 4 rings (SSSR count). The standard InChI is InChI=1S/C33H49NO2Si/c1-21(2)30-29(31(35)24-17-15-22(3)16-18-24)27(23-13-11-12-14-23)28-25(34-30)19-33(7,8)20-26(28)36-37(9,10)32(4,5)6/h11,13,15-18,21,23,26,31,35H,12,14,19-20H2,1-10H3/t23?,26?,31-/m1/s1. The van der Waals surface area contributed by atoms with Crippen molar-refractivity contribution in [1.29, 1.82) is 0 Å². The van der Waals surface area contributed by atoms with Crippen LogP contribution >= 0.6 is 0 Å². The number of aliphatic hydroxyl groups is 1. The minimum atomic E-state index is -2.04. The first-order valence-corrected chi connectivity index (χ1v) is 17.2.